The number of pyridine rings is 1. The van der Waals surface area contributed by atoms with E-state index in [9.17, 15) is 8.42 Å². The van der Waals surface area contributed by atoms with E-state index in [2.05, 4.69) is 22.1 Å². The van der Waals surface area contributed by atoms with Gasteiger partial charge in [-0.1, -0.05) is 12.1 Å². The van der Waals surface area contributed by atoms with Gasteiger partial charge in [-0.15, -0.1) is 0 Å². The van der Waals surface area contributed by atoms with Gasteiger partial charge >= 0.3 is 0 Å². The zero-order chi connectivity index (χ0) is 18.3. The molecule has 0 unspecified atom stereocenters. The Bertz CT molecular complexity index is 868. The Hall–Kier alpha value is -1.92. The SMILES string of the molecule is C[C@@H]1[C@H](Nc2ccc(-c3ccc(S(C)(=O)=O)cc3)cn2)C2CCN1CC2. The van der Waals surface area contributed by atoms with E-state index in [0.29, 0.717) is 17.0 Å². The molecule has 1 aromatic heterocycles. The van der Waals surface area contributed by atoms with Crippen molar-refractivity contribution >= 4 is 15.7 Å². The average molecular weight is 372 g/mol. The lowest BCUT2D eigenvalue weighted by molar-refractivity contribution is 0.0457. The number of rotatable bonds is 4. The summed E-state index contributed by atoms with van der Waals surface area (Å²) in [6, 6.07) is 12.0. The lowest BCUT2D eigenvalue weighted by atomic mass is 9.79. The summed E-state index contributed by atoms with van der Waals surface area (Å²) in [7, 11) is -3.16. The fourth-order valence-corrected chi connectivity index (χ4v) is 4.89. The first-order valence-corrected chi connectivity index (χ1v) is 11.1. The molecule has 5 nitrogen and oxygen atoms in total. The van der Waals surface area contributed by atoms with Crippen LogP contribution in [-0.4, -0.2) is 49.7 Å². The molecule has 3 fully saturated rings. The summed E-state index contributed by atoms with van der Waals surface area (Å²) in [5, 5.41) is 3.64. The zero-order valence-corrected chi connectivity index (χ0v) is 16.0. The lowest BCUT2D eigenvalue weighted by Gasteiger charge is -2.50. The molecule has 6 heteroatoms. The Morgan fingerprint density at radius 3 is 2.23 bits per heavy atom. The lowest BCUT2D eigenvalue weighted by Crippen LogP contribution is -2.59. The average Bonchev–Trinajstić information content (AvgIpc) is 2.65. The van der Waals surface area contributed by atoms with Crippen LogP contribution in [0.15, 0.2) is 47.5 Å². The molecule has 1 aromatic carbocycles. The summed E-state index contributed by atoms with van der Waals surface area (Å²) in [5.74, 6) is 1.65. The van der Waals surface area contributed by atoms with Crippen LogP contribution in [0.25, 0.3) is 11.1 Å². The van der Waals surface area contributed by atoms with Crippen molar-refractivity contribution in [1.29, 1.82) is 0 Å². The Morgan fingerprint density at radius 2 is 1.69 bits per heavy atom. The number of aromatic nitrogens is 1. The monoisotopic (exact) mass is 371 g/mol. The molecule has 3 aliphatic rings. The predicted octanol–water partition coefficient (Wildman–Crippen LogP) is 3.05. The first-order valence-electron chi connectivity index (χ1n) is 9.19. The van der Waals surface area contributed by atoms with Gasteiger partial charge in [0.1, 0.15) is 5.82 Å². The Labute approximate surface area is 155 Å². The van der Waals surface area contributed by atoms with Crippen molar-refractivity contribution in [3.05, 3.63) is 42.6 Å². The van der Waals surface area contributed by atoms with Crippen LogP contribution in [0.1, 0.15) is 19.8 Å². The summed E-state index contributed by atoms with van der Waals surface area (Å²) < 4.78 is 23.1. The molecule has 26 heavy (non-hydrogen) atoms. The van der Waals surface area contributed by atoms with Crippen LogP contribution in [0.4, 0.5) is 5.82 Å². The van der Waals surface area contributed by atoms with Gasteiger partial charge in [0.25, 0.3) is 0 Å². The molecule has 0 radical (unpaired) electrons. The standard InChI is InChI=1S/C20H25N3O2S/c1-14-20(16-9-11-23(14)12-10-16)22-19-8-5-17(13-21-19)15-3-6-18(7-4-15)26(2,24)25/h3-8,13-14,16,20H,9-12H2,1-2H3,(H,21,22)/t14-,20+/m1/s1. The Balaban J connectivity index is 1.48. The van der Waals surface area contributed by atoms with Crippen LogP contribution in [0, 0.1) is 5.92 Å². The quantitative estimate of drug-likeness (QED) is 0.895. The molecule has 2 aromatic rings. The van der Waals surface area contributed by atoms with Gasteiger partial charge in [0.05, 0.1) is 4.90 Å². The molecule has 0 spiro atoms. The number of nitrogens with one attached hydrogen (secondary N) is 1. The number of anilines is 1. The van der Waals surface area contributed by atoms with Crippen molar-refractivity contribution < 1.29 is 8.42 Å². The molecule has 0 saturated carbocycles. The van der Waals surface area contributed by atoms with Gasteiger partial charge in [0.15, 0.2) is 9.84 Å². The first-order chi connectivity index (χ1) is 12.4. The van der Waals surface area contributed by atoms with Crippen LogP contribution in [0.5, 0.6) is 0 Å². The van der Waals surface area contributed by atoms with Gasteiger partial charge in [-0.05, 0) is 68.6 Å². The van der Waals surface area contributed by atoms with E-state index in [1.165, 1.54) is 32.2 Å². The topological polar surface area (TPSA) is 62.3 Å². The minimum atomic E-state index is -3.16. The third-order valence-corrected chi connectivity index (χ3v) is 7.00. The first kappa shape index (κ1) is 17.5. The van der Waals surface area contributed by atoms with E-state index in [-0.39, 0.29) is 0 Å². The van der Waals surface area contributed by atoms with Crippen LogP contribution in [-0.2, 0) is 9.84 Å². The van der Waals surface area contributed by atoms with Gasteiger partial charge in [0.2, 0.25) is 0 Å². The highest BCUT2D eigenvalue weighted by Crippen LogP contribution is 2.34. The van der Waals surface area contributed by atoms with Gasteiger partial charge in [-0.2, -0.15) is 0 Å². The molecule has 0 aliphatic carbocycles. The second kappa shape index (κ2) is 6.67. The number of sulfone groups is 1. The van der Waals surface area contributed by atoms with Crippen molar-refractivity contribution in [2.45, 2.75) is 36.7 Å². The van der Waals surface area contributed by atoms with Crippen LogP contribution in [0.3, 0.4) is 0 Å². The highest BCUT2D eigenvalue weighted by molar-refractivity contribution is 7.90. The number of hydrogen-bond donors (Lipinski definition) is 1. The number of piperidine rings is 3. The van der Waals surface area contributed by atoms with E-state index in [1.54, 1.807) is 12.1 Å². The van der Waals surface area contributed by atoms with E-state index < -0.39 is 9.84 Å². The molecule has 1 N–H and O–H groups in total. The van der Waals surface area contributed by atoms with Crippen molar-refractivity contribution in [3.8, 4) is 11.1 Å². The molecular formula is C20H25N3O2S. The molecule has 3 aliphatic heterocycles. The van der Waals surface area contributed by atoms with Gasteiger partial charge in [0, 0.05) is 30.1 Å². The number of nitrogens with zero attached hydrogens (tertiary/aromatic N) is 2. The molecule has 3 saturated heterocycles. The van der Waals surface area contributed by atoms with Crippen LogP contribution >= 0.6 is 0 Å². The predicted molar refractivity (Wildman–Crippen MR) is 104 cm³/mol. The summed E-state index contributed by atoms with van der Waals surface area (Å²) in [6.45, 7) is 4.75. The van der Waals surface area contributed by atoms with Crippen LogP contribution in [0.2, 0.25) is 0 Å². The second-order valence-electron chi connectivity index (χ2n) is 7.51. The van der Waals surface area contributed by atoms with Crippen molar-refractivity contribution in [2.75, 3.05) is 24.7 Å². The molecular weight excluding hydrogens is 346 g/mol. The number of benzene rings is 1. The van der Waals surface area contributed by atoms with E-state index in [4.69, 9.17) is 0 Å². The summed E-state index contributed by atoms with van der Waals surface area (Å²) in [4.78, 5) is 7.49. The molecule has 2 atom stereocenters. The molecule has 2 bridgehead atoms. The van der Waals surface area contributed by atoms with Gasteiger partial charge < -0.3 is 5.32 Å². The summed E-state index contributed by atoms with van der Waals surface area (Å²) in [5.41, 5.74) is 1.95. The van der Waals surface area contributed by atoms with Crippen molar-refractivity contribution in [1.82, 2.24) is 9.88 Å². The maximum absolute atomic E-state index is 11.6. The van der Waals surface area contributed by atoms with E-state index in [0.717, 1.165) is 22.9 Å². The highest BCUT2D eigenvalue weighted by Gasteiger charge is 2.39. The third-order valence-electron chi connectivity index (χ3n) is 5.87. The largest absolute Gasteiger partial charge is 0.365 e. The van der Waals surface area contributed by atoms with E-state index in [1.807, 2.05) is 30.5 Å². The second-order valence-corrected chi connectivity index (χ2v) is 9.53. The molecule has 138 valence electrons. The van der Waals surface area contributed by atoms with Crippen molar-refractivity contribution in [2.24, 2.45) is 5.92 Å². The molecule has 4 heterocycles. The van der Waals surface area contributed by atoms with Crippen LogP contribution < -0.4 is 5.32 Å². The smallest absolute Gasteiger partial charge is 0.175 e. The fourth-order valence-electron chi connectivity index (χ4n) is 4.26. The molecule has 0 amide bonds. The molecule has 5 rings (SSSR count). The minimum Gasteiger partial charge on any atom is -0.365 e. The number of fused-ring (bicyclic) bond motifs is 3. The van der Waals surface area contributed by atoms with Gasteiger partial charge in [-0.25, -0.2) is 13.4 Å². The maximum atomic E-state index is 11.6. The van der Waals surface area contributed by atoms with Gasteiger partial charge in [-0.3, -0.25) is 4.90 Å². The fraction of sp³-hybridized carbons (Fsp3) is 0.450. The minimum absolute atomic E-state index is 0.337. The maximum Gasteiger partial charge on any atom is 0.175 e. The number of hydrogen-bond acceptors (Lipinski definition) is 5. The van der Waals surface area contributed by atoms with E-state index >= 15 is 0 Å². The highest BCUT2D eigenvalue weighted by atomic mass is 32.2. The third kappa shape index (κ3) is 3.35. The Morgan fingerprint density at radius 1 is 1.04 bits per heavy atom. The zero-order valence-electron chi connectivity index (χ0n) is 15.2. The Kier molecular flexibility index (Phi) is 4.49. The summed E-state index contributed by atoms with van der Waals surface area (Å²) in [6.07, 6.45) is 5.61. The van der Waals surface area contributed by atoms with Crippen molar-refractivity contribution in [3.63, 3.8) is 0 Å². The summed E-state index contributed by atoms with van der Waals surface area (Å²) >= 11 is 0. The normalized spacial score (nSPS) is 28.1.